The first-order valence-electron chi connectivity index (χ1n) is 5.93. The van der Waals surface area contributed by atoms with Crippen LogP contribution in [0.2, 0.25) is 0 Å². The molecule has 3 nitrogen and oxygen atoms in total. The molecule has 0 fully saturated rings. The summed E-state index contributed by atoms with van der Waals surface area (Å²) in [5.74, 6) is 0.777. The van der Waals surface area contributed by atoms with Crippen molar-refractivity contribution in [2.24, 2.45) is 0 Å². The number of hydrogen-bond donors (Lipinski definition) is 1. The highest BCUT2D eigenvalue weighted by Crippen LogP contribution is 2.37. The molecule has 0 amide bonds. The van der Waals surface area contributed by atoms with Gasteiger partial charge in [-0.25, -0.2) is 0 Å². The summed E-state index contributed by atoms with van der Waals surface area (Å²) in [6.45, 7) is 6.01. The second-order valence-corrected chi connectivity index (χ2v) is 5.48. The van der Waals surface area contributed by atoms with Crippen LogP contribution in [0.5, 0.6) is 5.75 Å². The van der Waals surface area contributed by atoms with E-state index in [1.165, 1.54) is 0 Å². The lowest BCUT2D eigenvalue weighted by Gasteiger charge is -2.26. The molecule has 17 heavy (non-hydrogen) atoms. The van der Waals surface area contributed by atoms with Crippen LogP contribution in [0.1, 0.15) is 38.0 Å². The van der Waals surface area contributed by atoms with E-state index in [1.54, 1.807) is 7.11 Å². The van der Waals surface area contributed by atoms with Crippen LogP contribution in [0.4, 0.5) is 0 Å². The summed E-state index contributed by atoms with van der Waals surface area (Å²) in [6.07, 6.45) is 0.0500. The normalized spacial score (nSPS) is 23.6. The molecule has 1 aromatic carbocycles. The summed E-state index contributed by atoms with van der Waals surface area (Å²) in [5, 5.41) is 10.2. The zero-order valence-corrected chi connectivity index (χ0v) is 10.9. The summed E-state index contributed by atoms with van der Waals surface area (Å²) in [4.78, 5) is 0. The van der Waals surface area contributed by atoms with Gasteiger partial charge in [0.05, 0.1) is 18.8 Å². The quantitative estimate of drug-likeness (QED) is 0.857. The number of rotatable bonds is 2. The number of fused-ring (bicyclic) bond motifs is 1. The van der Waals surface area contributed by atoms with Gasteiger partial charge in [-0.2, -0.15) is 0 Å². The van der Waals surface area contributed by atoms with Crippen molar-refractivity contribution < 1.29 is 14.6 Å². The van der Waals surface area contributed by atoms with Gasteiger partial charge < -0.3 is 14.6 Å². The lowest BCUT2D eigenvalue weighted by atomic mass is 10.1. The van der Waals surface area contributed by atoms with Crippen molar-refractivity contribution in [1.82, 2.24) is 0 Å². The molecule has 2 atom stereocenters. The molecule has 3 heteroatoms. The van der Waals surface area contributed by atoms with Crippen LogP contribution < -0.4 is 4.74 Å². The third-order valence-electron chi connectivity index (χ3n) is 2.95. The maximum atomic E-state index is 10.2. The van der Waals surface area contributed by atoms with E-state index in [2.05, 4.69) is 0 Å². The average Bonchev–Trinajstić information content (AvgIpc) is 2.53. The molecule has 0 saturated carbocycles. The maximum Gasteiger partial charge on any atom is 0.119 e. The van der Waals surface area contributed by atoms with Crippen molar-refractivity contribution >= 4 is 0 Å². The zero-order valence-electron chi connectivity index (χ0n) is 10.9. The molecule has 1 aromatic rings. The Morgan fingerprint density at radius 1 is 1.29 bits per heavy atom. The lowest BCUT2D eigenvalue weighted by Crippen LogP contribution is -2.30. The van der Waals surface area contributed by atoms with Gasteiger partial charge in [0, 0.05) is 6.42 Å². The van der Waals surface area contributed by atoms with Crippen molar-refractivity contribution in [2.75, 3.05) is 7.11 Å². The Balaban J connectivity index is 2.20. The Labute approximate surface area is 102 Å². The summed E-state index contributed by atoms with van der Waals surface area (Å²) in [6, 6.07) is 5.82. The standard InChI is InChI=1S/C14H20O3/c1-14(2,3)17-12-7-9-5-6-10(16-4)8-11(9)13(12)15/h5-6,8,12-13,15H,7H2,1-4H3. The van der Waals surface area contributed by atoms with Gasteiger partial charge in [0.25, 0.3) is 0 Å². The molecule has 1 N–H and O–H groups in total. The van der Waals surface area contributed by atoms with Gasteiger partial charge in [0.2, 0.25) is 0 Å². The Morgan fingerprint density at radius 3 is 2.59 bits per heavy atom. The van der Waals surface area contributed by atoms with Crippen molar-refractivity contribution in [1.29, 1.82) is 0 Å². The molecule has 0 aromatic heterocycles. The number of benzene rings is 1. The minimum atomic E-state index is -0.556. The largest absolute Gasteiger partial charge is 0.497 e. The summed E-state index contributed by atoms with van der Waals surface area (Å²) < 4.78 is 11.0. The SMILES string of the molecule is COc1ccc2c(c1)C(O)C(OC(C)(C)C)C2. The fourth-order valence-corrected chi connectivity index (χ4v) is 2.25. The average molecular weight is 236 g/mol. The molecule has 94 valence electrons. The van der Waals surface area contributed by atoms with E-state index in [0.29, 0.717) is 0 Å². The number of methoxy groups -OCH3 is 1. The van der Waals surface area contributed by atoms with Gasteiger partial charge in [0.15, 0.2) is 0 Å². The Hall–Kier alpha value is -1.06. The van der Waals surface area contributed by atoms with E-state index in [4.69, 9.17) is 9.47 Å². The van der Waals surface area contributed by atoms with E-state index in [9.17, 15) is 5.11 Å². The van der Waals surface area contributed by atoms with E-state index in [-0.39, 0.29) is 11.7 Å². The minimum Gasteiger partial charge on any atom is -0.497 e. The van der Waals surface area contributed by atoms with Gasteiger partial charge >= 0.3 is 0 Å². The molecule has 1 aliphatic carbocycles. The molecule has 0 radical (unpaired) electrons. The first-order valence-corrected chi connectivity index (χ1v) is 5.93. The van der Waals surface area contributed by atoms with Gasteiger partial charge in [-0.15, -0.1) is 0 Å². The molecule has 0 spiro atoms. The summed E-state index contributed by atoms with van der Waals surface area (Å²) in [5.41, 5.74) is 1.84. The maximum absolute atomic E-state index is 10.2. The van der Waals surface area contributed by atoms with Gasteiger partial charge in [-0.1, -0.05) is 6.07 Å². The van der Waals surface area contributed by atoms with Crippen molar-refractivity contribution in [3.63, 3.8) is 0 Å². The first-order chi connectivity index (χ1) is 7.90. The highest BCUT2D eigenvalue weighted by atomic mass is 16.5. The van der Waals surface area contributed by atoms with Crippen molar-refractivity contribution in [3.8, 4) is 5.75 Å². The van der Waals surface area contributed by atoms with Crippen LogP contribution >= 0.6 is 0 Å². The minimum absolute atomic E-state index is 0.155. The zero-order chi connectivity index (χ0) is 12.6. The number of aliphatic hydroxyl groups is 1. The van der Waals surface area contributed by atoms with Crippen LogP contribution in [-0.2, 0) is 11.2 Å². The molecule has 0 heterocycles. The number of aliphatic hydroxyl groups excluding tert-OH is 1. The summed E-state index contributed by atoms with van der Waals surface area (Å²) >= 11 is 0. The van der Waals surface area contributed by atoms with Gasteiger partial charge in [-0.05, 0) is 44.0 Å². The van der Waals surface area contributed by atoms with Crippen LogP contribution in [0.3, 0.4) is 0 Å². The van der Waals surface area contributed by atoms with E-state index < -0.39 is 6.10 Å². The van der Waals surface area contributed by atoms with Crippen LogP contribution in [-0.4, -0.2) is 23.9 Å². The molecule has 2 unspecified atom stereocenters. The van der Waals surface area contributed by atoms with E-state index in [0.717, 1.165) is 23.3 Å². The van der Waals surface area contributed by atoms with Crippen LogP contribution in [0.25, 0.3) is 0 Å². The predicted octanol–water partition coefficient (Wildman–Crippen LogP) is 2.47. The third kappa shape index (κ3) is 2.61. The Bertz CT molecular complexity index is 406. The van der Waals surface area contributed by atoms with E-state index in [1.807, 2.05) is 39.0 Å². The second-order valence-electron chi connectivity index (χ2n) is 5.48. The molecular weight excluding hydrogens is 216 g/mol. The van der Waals surface area contributed by atoms with E-state index >= 15 is 0 Å². The van der Waals surface area contributed by atoms with Crippen molar-refractivity contribution in [2.45, 2.75) is 45.0 Å². The number of ether oxygens (including phenoxy) is 2. The monoisotopic (exact) mass is 236 g/mol. The predicted molar refractivity (Wildman–Crippen MR) is 66.3 cm³/mol. The second kappa shape index (κ2) is 4.31. The van der Waals surface area contributed by atoms with Gasteiger partial charge in [-0.3, -0.25) is 0 Å². The Kier molecular flexibility index (Phi) is 3.15. The smallest absolute Gasteiger partial charge is 0.119 e. The molecular formula is C14H20O3. The lowest BCUT2D eigenvalue weighted by molar-refractivity contribution is -0.104. The topological polar surface area (TPSA) is 38.7 Å². The third-order valence-corrected chi connectivity index (χ3v) is 2.95. The van der Waals surface area contributed by atoms with Crippen LogP contribution in [0, 0.1) is 0 Å². The summed E-state index contributed by atoms with van der Waals surface area (Å²) in [7, 11) is 1.63. The molecule has 0 bridgehead atoms. The fraction of sp³-hybridized carbons (Fsp3) is 0.571. The van der Waals surface area contributed by atoms with Crippen molar-refractivity contribution in [3.05, 3.63) is 29.3 Å². The fourth-order valence-electron chi connectivity index (χ4n) is 2.25. The highest BCUT2D eigenvalue weighted by Gasteiger charge is 2.34. The molecule has 2 rings (SSSR count). The van der Waals surface area contributed by atoms with Crippen LogP contribution in [0.15, 0.2) is 18.2 Å². The number of hydrogen-bond acceptors (Lipinski definition) is 3. The Morgan fingerprint density at radius 2 is 2.00 bits per heavy atom. The first kappa shape index (κ1) is 12.4. The highest BCUT2D eigenvalue weighted by molar-refractivity contribution is 5.41. The molecule has 1 aliphatic rings. The molecule has 0 aliphatic heterocycles. The van der Waals surface area contributed by atoms with Gasteiger partial charge in [0.1, 0.15) is 11.9 Å². The molecule has 0 saturated heterocycles.